The van der Waals surface area contributed by atoms with Gasteiger partial charge in [0.15, 0.2) is 17.8 Å². The molecule has 1 unspecified atom stereocenters. The fourth-order valence-electron chi connectivity index (χ4n) is 2.40. The highest BCUT2D eigenvalue weighted by atomic mass is 16.7. The van der Waals surface area contributed by atoms with E-state index in [0.717, 1.165) is 23.5 Å². The van der Waals surface area contributed by atoms with Crippen molar-refractivity contribution in [3.63, 3.8) is 0 Å². The van der Waals surface area contributed by atoms with Crippen LogP contribution in [0.25, 0.3) is 0 Å². The Morgan fingerprint density at radius 2 is 1.76 bits per heavy atom. The van der Waals surface area contributed by atoms with Gasteiger partial charge in [-0.3, -0.25) is 0 Å². The smallest absolute Gasteiger partial charge is 0.176 e. The lowest BCUT2D eigenvalue weighted by molar-refractivity contribution is -0.154. The number of benzene rings is 1. The summed E-state index contributed by atoms with van der Waals surface area (Å²) in [6.07, 6.45) is 0.578. The summed E-state index contributed by atoms with van der Waals surface area (Å²) in [7, 11) is 1.90. The molecule has 0 spiro atoms. The van der Waals surface area contributed by atoms with Crippen LogP contribution in [0.15, 0.2) is 18.2 Å². The van der Waals surface area contributed by atoms with Gasteiger partial charge in [0, 0.05) is 19.6 Å². The Morgan fingerprint density at radius 3 is 2.38 bits per heavy atom. The van der Waals surface area contributed by atoms with E-state index in [1.165, 1.54) is 0 Å². The monoisotopic (exact) mass is 295 g/mol. The number of hydrogen-bond donors (Lipinski definition) is 1. The molecule has 5 heteroatoms. The molecular formula is C16H25NO4. The van der Waals surface area contributed by atoms with E-state index in [1.54, 1.807) is 0 Å². The highest BCUT2D eigenvalue weighted by Gasteiger charge is 2.24. The second kappa shape index (κ2) is 8.22. The lowest BCUT2D eigenvalue weighted by atomic mass is 10.1. The number of rotatable bonds is 7. The molecule has 0 aromatic heterocycles. The summed E-state index contributed by atoms with van der Waals surface area (Å²) in [6, 6.07) is 5.93. The van der Waals surface area contributed by atoms with Gasteiger partial charge in [-0.05, 0) is 38.6 Å². The highest BCUT2D eigenvalue weighted by molar-refractivity contribution is 5.44. The van der Waals surface area contributed by atoms with Crippen LogP contribution in [0, 0.1) is 0 Å². The zero-order valence-electron chi connectivity index (χ0n) is 13.1. The van der Waals surface area contributed by atoms with Crippen LogP contribution < -0.4 is 14.8 Å². The Kier molecular flexibility index (Phi) is 6.29. The molecule has 0 saturated carbocycles. The summed E-state index contributed by atoms with van der Waals surface area (Å²) in [5, 5.41) is 3.26. The lowest BCUT2D eigenvalue weighted by Gasteiger charge is -2.27. The maximum absolute atomic E-state index is 5.75. The van der Waals surface area contributed by atoms with Crippen molar-refractivity contribution in [2.45, 2.75) is 32.6 Å². The minimum atomic E-state index is -0.324. The average molecular weight is 295 g/mol. The second-order valence-electron chi connectivity index (χ2n) is 4.80. The van der Waals surface area contributed by atoms with Gasteiger partial charge in [-0.1, -0.05) is 6.07 Å². The molecule has 0 bridgehead atoms. The van der Waals surface area contributed by atoms with E-state index < -0.39 is 0 Å². The SMILES string of the molecule is CCOC(OCC)C(NC)c1ccc2c(c1)OCCCO2. The first-order valence-corrected chi connectivity index (χ1v) is 7.60. The van der Waals surface area contributed by atoms with Crippen LogP contribution in [0.2, 0.25) is 0 Å². The Balaban J connectivity index is 2.22. The summed E-state index contributed by atoms with van der Waals surface area (Å²) in [6.45, 7) is 6.52. The van der Waals surface area contributed by atoms with Crippen molar-refractivity contribution in [2.75, 3.05) is 33.5 Å². The van der Waals surface area contributed by atoms with Gasteiger partial charge in [-0.2, -0.15) is 0 Å². The maximum atomic E-state index is 5.75. The summed E-state index contributed by atoms with van der Waals surface area (Å²) in [5.41, 5.74) is 1.06. The Bertz CT molecular complexity index is 432. The molecule has 1 atom stereocenters. The summed E-state index contributed by atoms with van der Waals surface area (Å²) in [4.78, 5) is 0. The minimum absolute atomic E-state index is 0.0537. The Morgan fingerprint density at radius 1 is 1.10 bits per heavy atom. The molecule has 0 fully saturated rings. The zero-order valence-corrected chi connectivity index (χ0v) is 13.1. The van der Waals surface area contributed by atoms with Crippen molar-refractivity contribution in [3.8, 4) is 11.5 Å². The minimum Gasteiger partial charge on any atom is -0.490 e. The fraction of sp³-hybridized carbons (Fsp3) is 0.625. The van der Waals surface area contributed by atoms with E-state index in [1.807, 2.05) is 39.1 Å². The third-order valence-electron chi connectivity index (χ3n) is 3.38. The molecule has 1 aromatic rings. The van der Waals surface area contributed by atoms with Gasteiger partial charge in [0.25, 0.3) is 0 Å². The summed E-state index contributed by atoms with van der Waals surface area (Å²) >= 11 is 0. The largest absolute Gasteiger partial charge is 0.490 e. The number of hydrogen-bond acceptors (Lipinski definition) is 5. The highest BCUT2D eigenvalue weighted by Crippen LogP contribution is 2.33. The van der Waals surface area contributed by atoms with Crippen LogP contribution in [-0.4, -0.2) is 39.8 Å². The van der Waals surface area contributed by atoms with E-state index in [0.29, 0.717) is 26.4 Å². The Labute approximate surface area is 126 Å². The van der Waals surface area contributed by atoms with E-state index >= 15 is 0 Å². The topological polar surface area (TPSA) is 49.0 Å². The van der Waals surface area contributed by atoms with Crippen molar-refractivity contribution in [3.05, 3.63) is 23.8 Å². The number of fused-ring (bicyclic) bond motifs is 1. The summed E-state index contributed by atoms with van der Waals surface area (Å²) in [5.74, 6) is 1.59. The molecule has 5 nitrogen and oxygen atoms in total. The van der Waals surface area contributed by atoms with Crippen LogP contribution >= 0.6 is 0 Å². The van der Waals surface area contributed by atoms with Crippen LogP contribution in [0.1, 0.15) is 31.9 Å². The normalized spacial score (nSPS) is 15.8. The van der Waals surface area contributed by atoms with Crippen LogP contribution in [0.3, 0.4) is 0 Å². The van der Waals surface area contributed by atoms with E-state index in [4.69, 9.17) is 18.9 Å². The molecule has 1 aromatic carbocycles. The van der Waals surface area contributed by atoms with Crippen LogP contribution in [-0.2, 0) is 9.47 Å². The van der Waals surface area contributed by atoms with Crippen molar-refractivity contribution >= 4 is 0 Å². The molecule has 1 N–H and O–H groups in total. The van der Waals surface area contributed by atoms with Gasteiger partial charge in [0.05, 0.1) is 19.3 Å². The first-order chi connectivity index (χ1) is 10.3. The van der Waals surface area contributed by atoms with Gasteiger partial charge in [0.2, 0.25) is 0 Å². The third-order valence-corrected chi connectivity index (χ3v) is 3.38. The molecule has 118 valence electrons. The zero-order chi connectivity index (χ0) is 15.1. The van der Waals surface area contributed by atoms with Crippen molar-refractivity contribution in [1.29, 1.82) is 0 Å². The average Bonchev–Trinajstić information content (AvgIpc) is 2.73. The van der Waals surface area contributed by atoms with Gasteiger partial charge >= 0.3 is 0 Å². The van der Waals surface area contributed by atoms with E-state index in [9.17, 15) is 0 Å². The number of nitrogens with one attached hydrogen (secondary N) is 1. The number of likely N-dealkylation sites (N-methyl/N-ethyl adjacent to an activating group) is 1. The molecule has 1 aliphatic rings. The van der Waals surface area contributed by atoms with Gasteiger partial charge in [0.1, 0.15) is 0 Å². The molecule has 1 aliphatic heterocycles. The van der Waals surface area contributed by atoms with Gasteiger partial charge in [-0.15, -0.1) is 0 Å². The molecular weight excluding hydrogens is 270 g/mol. The van der Waals surface area contributed by atoms with Crippen molar-refractivity contribution < 1.29 is 18.9 Å². The first-order valence-electron chi connectivity index (χ1n) is 7.60. The molecule has 21 heavy (non-hydrogen) atoms. The third kappa shape index (κ3) is 4.09. The Hall–Kier alpha value is -1.30. The second-order valence-corrected chi connectivity index (χ2v) is 4.80. The quantitative estimate of drug-likeness (QED) is 0.783. The number of ether oxygens (including phenoxy) is 4. The molecule has 0 aliphatic carbocycles. The van der Waals surface area contributed by atoms with Crippen LogP contribution in [0.4, 0.5) is 0 Å². The van der Waals surface area contributed by atoms with Crippen molar-refractivity contribution in [2.24, 2.45) is 0 Å². The molecule has 0 radical (unpaired) electrons. The molecule has 1 heterocycles. The molecule has 0 amide bonds. The van der Waals surface area contributed by atoms with Gasteiger partial charge in [-0.25, -0.2) is 0 Å². The summed E-state index contributed by atoms with van der Waals surface area (Å²) < 4.78 is 22.8. The van der Waals surface area contributed by atoms with E-state index in [2.05, 4.69) is 5.32 Å². The predicted molar refractivity (Wildman–Crippen MR) is 80.9 cm³/mol. The van der Waals surface area contributed by atoms with Crippen LogP contribution in [0.5, 0.6) is 11.5 Å². The van der Waals surface area contributed by atoms with Crippen molar-refractivity contribution in [1.82, 2.24) is 5.32 Å². The first kappa shape index (κ1) is 16.1. The fourth-order valence-corrected chi connectivity index (χ4v) is 2.40. The lowest BCUT2D eigenvalue weighted by Crippen LogP contribution is -2.34. The maximum Gasteiger partial charge on any atom is 0.176 e. The van der Waals surface area contributed by atoms with Gasteiger partial charge < -0.3 is 24.3 Å². The standard InChI is InChI=1S/C16H25NO4/c1-4-18-16(19-5-2)15(17-3)12-7-8-13-14(11-12)21-10-6-9-20-13/h7-8,11,15-17H,4-6,9-10H2,1-3H3. The predicted octanol–water partition coefficient (Wildman–Crippen LogP) is 2.51. The molecule has 0 saturated heterocycles. The van der Waals surface area contributed by atoms with E-state index in [-0.39, 0.29) is 12.3 Å². The molecule has 2 rings (SSSR count).